The summed E-state index contributed by atoms with van der Waals surface area (Å²) in [6.45, 7) is 4.37. The maximum absolute atomic E-state index is 11.7. The van der Waals surface area contributed by atoms with E-state index < -0.39 is 15.1 Å². The summed E-state index contributed by atoms with van der Waals surface area (Å²) in [4.78, 5) is 0. The van der Waals surface area contributed by atoms with Crippen LogP contribution in [0.5, 0.6) is 0 Å². The van der Waals surface area contributed by atoms with Gasteiger partial charge in [-0.25, -0.2) is 8.42 Å². The molecule has 0 saturated carbocycles. The lowest BCUT2D eigenvalue weighted by molar-refractivity contribution is 0.494. The number of rotatable bonds is 6. The Kier molecular flexibility index (Phi) is 6.12. The molecule has 1 rings (SSSR count). The monoisotopic (exact) mass is 323 g/mol. The zero-order valence-electron chi connectivity index (χ0n) is 11.3. The summed E-state index contributed by atoms with van der Waals surface area (Å²) < 4.78 is 23.4. The molecule has 2 unspecified atom stereocenters. The maximum Gasteiger partial charge on any atom is 0.151 e. The van der Waals surface area contributed by atoms with Gasteiger partial charge in [-0.1, -0.05) is 36.2 Å². The molecular formula is C13H19Cl2NO2S. The van der Waals surface area contributed by atoms with Crippen LogP contribution in [0.15, 0.2) is 18.2 Å². The predicted octanol–water partition coefficient (Wildman–Crippen LogP) is 2.95. The molecule has 0 saturated heterocycles. The van der Waals surface area contributed by atoms with Crippen LogP contribution in [-0.4, -0.2) is 32.5 Å². The highest BCUT2D eigenvalue weighted by Gasteiger charge is 2.25. The van der Waals surface area contributed by atoms with Gasteiger partial charge in [-0.15, -0.1) is 0 Å². The highest BCUT2D eigenvalue weighted by Crippen LogP contribution is 2.23. The van der Waals surface area contributed by atoms with Crippen LogP contribution in [0.1, 0.15) is 19.4 Å². The summed E-state index contributed by atoms with van der Waals surface area (Å²) >= 11 is 12.0. The summed E-state index contributed by atoms with van der Waals surface area (Å²) in [5.74, 6) is 0. The van der Waals surface area contributed by atoms with Gasteiger partial charge in [-0.2, -0.15) is 0 Å². The third-order valence-electron chi connectivity index (χ3n) is 3.16. The van der Waals surface area contributed by atoms with Crippen molar-refractivity contribution in [3.63, 3.8) is 0 Å². The first-order chi connectivity index (χ1) is 8.75. The zero-order valence-corrected chi connectivity index (χ0v) is 13.6. The lowest BCUT2D eigenvalue weighted by Crippen LogP contribution is -2.43. The van der Waals surface area contributed by atoms with E-state index in [9.17, 15) is 8.42 Å². The first-order valence-electron chi connectivity index (χ1n) is 6.12. The number of halogens is 2. The molecule has 0 bridgehead atoms. The lowest BCUT2D eigenvalue weighted by atomic mass is 10.0. The molecule has 2 atom stereocenters. The molecule has 1 aromatic rings. The molecule has 3 nitrogen and oxygen atoms in total. The molecule has 0 heterocycles. The van der Waals surface area contributed by atoms with Gasteiger partial charge >= 0.3 is 0 Å². The van der Waals surface area contributed by atoms with Crippen LogP contribution < -0.4 is 5.32 Å². The van der Waals surface area contributed by atoms with Gasteiger partial charge in [0.1, 0.15) is 0 Å². The average molecular weight is 324 g/mol. The summed E-state index contributed by atoms with van der Waals surface area (Å²) in [6, 6.07) is 5.10. The second-order valence-corrected chi connectivity index (χ2v) is 7.88. The van der Waals surface area contributed by atoms with E-state index in [0.29, 0.717) is 23.0 Å². The third-order valence-corrected chi connectivity index (χ3v) is 5.43. The number of hydrogen-bond donors (Lipinski definition) is 1. The predicted molar refractivity (Wildman–Crippen MR) is 81.9 cm³/mol. The van der Waals surface area contributed by atoms with Crippen LogP contribution in [0, 0.1) is 0 Å². The summed E-state index contributed by atoms with van der Waals surface area (Å²) in [6.07, 6.45) is 1.81. The van der Waals surface area contributed by atoms with Crippen LogP contribution in [-0.2, 0) is 16.3 Å². The topological polar surface area (TPSA) is 46.2 Å². The minimum atomic E-state index is -3.10. The fraction of sp³-hybridized carbons (Fsp3) is 0.538. The van der Waals surface area contributed by atoms with Crippen molar-refractivity contribution in [1.82, 2.24) is 5.32 Å². The zero-order chi connectivity index (χ0) is 14.6. The first-order valence-corrected chi connectivity index (χ1v) is 8.83. The van der Waals surface area contributed by atoms with Gasteiger partial charge in [0, 0.05) is 22.3 Å². The quantitative estimate of drug-likeness (QED) is 0.875. The van der Waals surface area contributed by atoms with Gasteiger partial charge in [0.2, 0.25) is 0 Å². The average Bonchev–Trinajstić information content (AvgIpc) is 2.29. The number of likely N-dealkylation sites (N-methyl/N-ethyl adjacent to an activating group) is 1. The lowest BCUT2D eigenvalue weighted by Gasteiger charge is -2.24. The molecule has 1 aromatic carbocycles. The molecule has 0 aliphatic heterocycles. The molecule has 0 fully saturated rings. The van der Waals surface area contributed by atoms with Crippen molar-refractivity contribution in [3.05, 3.63) is 33.8 Å². The Morgan fingerprint density at radius 2 is 1.95 bits per heavy atom. The van der Waals surface area contributed by atoms with E-state index in [2.05, 4.69) is 5.32 Å². The molecule has 108 valence electrons. The summed E-state index contributed by atoms with van der Waals surface area (Å²) in [5.41, 5.74) is 0.896. The highest BCUT2D eigenvalue weighted by atomic mass is 35.5. The van der Waals surface area contributed by atoms with Gasteiger partial charge in [0.15, 0.2) is 9.84 Å². The van der Waals surface area contributed by atoms with Gasteiger partial charge in [0.25, 0.3) is 0 Å². The minimum absolute atomic E-state index is 0.168. The van der Waals surface area contributed by atoms with Gasteiger partial charge < -0.3 is 5.32 Å². The summed E-state index contributed by atoms with van der Waals surface area (Å²) in [5, 5.41) is 3.88. The Bertz CT molecular complexity index is 531. The van der Waals surface area contributed by atoms with Crippen LogP contribution in [0.3, 0.4) is 0 Å². The molecule has 0 spiro atoms. The molecule has 0 radical (unpaired) electrons. The van der Waals surface area contributed by atoms with Crippen molar-refractivity contribution in [2.24, 2.45) is 0 Å². The molecule has 0 amide bonds. The van der Waals surface area contributed by atoms with Crippen molar-refractivity contribution in [3.8, 4) is 0 Å². The van der Waals surface area contributed by atoms with E-state index in [1.165, 1.54) is 6.26 Å². The molecule has 1 N–H and O–H groups in total. The number of sulfone groups is 1. The molecule has 6 heteroatoms. The normalized spacial score (nSPS) is 15.2. The second kappa shape index (κ2) is 6.93. The van der Waals surface area contributed by atoms with Crippen molar-refractivity contribution >= 4 is 33.0 Å². The highest BCUT2D eigenvalue weighted by molar-refractivity contribution is 7.91. The van der Waals surface area contributed by atoms with E-state index in [1.807, 2.05) is 13.0 Å². The Balaban J connectivity index is 2.96. The van der Waals surface area contributed by atoms with Crippen LogP contribution in [0.4, 0.5) is 0 Å². The number of benzene rings is 1. The van der Waals surface area contributed by atoms with Crippen molar-refractivity contribution in [1.29, 1.82) is 0 Å². The fourth-order valence-corrected chi connectivity index (χ4v) is 3.16. The smallest absolute Gasteiger partial charge is 0.151 e. The maximum atomic E-state index is 11.7. The summed E-state index contributed by atoms with van der Waals surface area (Å²) in [7, 11) is -3.10. The van der Waals surface area contributed by atoms with E-state index >= 15 is 0 Å². The molecule has 0 aliphatic rings. The Hall–Kier alpha value is -0.290. The van der Waals surface area contributed by atoms with Crippen molar-refractivity contribution in [2.45, 2.75) is 31.6 Å². The Morgan fingerprint density at radius 3 is 2.42 bits per heavy atom. The minimum Gasteiger partial charge on any atom is -0.313 e. The van der Waals surface area contributed by atoms with Gasteiger partial charge in [-0.3, -0.25) is 0 Å². The van der Waals surface area contributed by atoms with E-state index in [-0.39, 0.29) is 6.04 Å². The number of hydrogen-bond acceptors (Lipinski definition) is 3. The molecular weight excluding hydrogens is 305 g/mol. The largest absolute Gasteiger partial charge is 0.313 e. The third kappa shape index (κ3) is 4.95. The fourth-order valence-electron chi connectivity index (χ4n) is 1.89. The van der Waals surface area contributed by atoms with Crippen molar-refractivity contribution < 1.29 is 8.42 Å². The number of nitrogens with one attached hydrogen (secondary N) is 1. The molecule has 0 aromatic heterocycles. The SMILES string of the molecule is CCNC(Cc1ccc(Cl)cc1Cl)C(C)S(C)(=O)=O. The first kappa shape index (κ1) is 16.8. The van der Waals surface area contributed by atoms with Gasteiger partial charge in [0.05, 0.1) is 5.25 Å². The van der Waals surface area contributed by atoms with Gasteiger partial charge in [-0.05, 0) is 37.6 Å². The standard InChI is InChI=1S/C13H19Cl2NO2S/c1-4-16-13(9(2)19(3,17)18)7-10-5-6-11(14)8-12(10)15/h5-6,8-9,13,16H,4,7H2,1-3H3. The molecule has 19 heavy (non-hydrogen) atoms. The Morgan fingerprint density at radius 1 is 1.32 bits per heavy atom. The molecule has 0 aliphatic carbocycles. The second-order valence-electron chi connectivity index (χ2n) is 4.64. The van der Waals surface area contributed by atoms with Crippen LogP contribution >= 0.6 is 23.2 Å². The van der Waals surface area contributed by atoms with E-state index in [1.54, 1.807) is 19.1 Å². The van der Waals surface area contributed by atoms with E-state index in [0.717, 1.165) is 5.56 Å². The van der Waals surface area contributed by atoms with Crippen molar-refractivity contribution in [2.75, 3.05) is 12.8 Å². The van der Waals surface area contributed by atoms with E-state index in [4.69, 9.17) is 23.2 Å². The van der Waals surface area contributed by atoms with Crippen LogP contribution in [0.2, 0.25) is 10.0 Å². The Labute approximate surface area is 125 Å². The van der Waals surface area contributed by atoms with Crippen LogP contribution in [0.25, 0.3) is 0 Å².